The van der Waals surface area contributed by atoms with Crippen molar-refractivity contribution in [2.45, 2.75) is 26.7 Å². The van der Waals surface area contributed by atoms with E-state index in [2.05, 4.69) is 0 Å². The van der Waals surface area contributed by atoms with Gasteiger partial charge >= 0.3 is 0 Å². The molecule has 0 atom stereocenters. The molecule has 0 unspecified atom stereocenters. The van der Waals surface area contributed by atoms with E-state index in [4.69, 9.17) is 0 Å². The van der Waals surface area contributed by atoms with Crippen LogP contribution in [0, 0.1) is 0 Å². The van der Waals surface area contributed by atoms with E-state index in [0.29, 0.717) is 16.2 Å². The lowest BCUT2D eigenvalue weighted by molar-refractivity contribution is 0.107. The van der Waals surface area contributed by atoms with Crippen molar-refractivity contribution in [2.75, 3.05) is 0 Å². The van der Waals surface area contributed by atoms with Crippen molar-refractivity contribution in [2.24, 2.45) is 0 Å². The molecule has 0 saturated heterocycles. The van der Waals surface area contributed by atoms with Gasteiger partial charge in [0.2, 0.25) is 12.7 Å². The van der Waals surface area contributed by atoms with E-state index in [1.165, 1.54) is 0 Å². The number of carbonyl (C=O) groups is 1. The van der Waals surface area contributed by atoms with Gasteiger partial charge in [-0.25, -0.2) is 0 Å². The van der Waals surface area contributed by atoms with Crippen LogP contribution in [-0.2, 0) is 17.4 Å². The fraction of sp³-hybridized carbons (Fsp3) is 0.174. The highest BCUT2D eigenvalue weighted by Gasteiger charge is 2.38. The van der Waals surface area contributed by atoms with Crippen LogP contribution in [0.25, 0.3) is 0 Å². The molecule has 132 valence electrons. The molecule has 3 aromatic rings. The summed E-state index contributed by atoms with van der Waals surface area (Å²) in [6.07, 6.45) is 1.47. The number of carbonyl (C=O) groups excluding carboxylic acids is 1. The quantitative estimate of drug-likeness (QED) is 0.581. The normalized spacial score (nSPS) is 11.3. The summed E-state index contributed by atoms with van der Waals surface area (Å²) in [4.78, 5) is 13.8. The first kappa shape index (κ1) is 18.4. The third kappa shape index (κ3) is 3.18. The summed E-state index contributed by atoms with van der Waals surface area (Å²) < 4.78 is 14.3. The van der Waals surface area contributed by atoms with Gasteiger partial charge in [-0.2, -0.15) is 0 Å². The molecule has 0 heterocycles. The van der Waals surface area contributed by atoms with Crippen LogP contribution in [0.5, 0.6) is 0 Å². The van der Waals surface area contributed by atoms with Crippen molar-refractivity contribution in [1.82, 2.24) is 0 Å². The fourth-order valence-electron chi connectivity index (χ4n) is 3.33. The number of hydrogen-bond donors (Lipinski definition) is 0. The number of benzene rings is 3. The molecule has 0 amide bonds. The number of rotatable bonds is 6. The van der Waals surface area contributed by atoms with Crippen molar-refractivity contribution in [3.05, 3.63) is 95.6 Å². The molecule has 0 aliphatic carbocycles. The molecule has 0 fully saturated rings. The summed E-state index contributed by atoms with van der Waals surface area (Å²) >= 11 is 0. The fourth-order valence-corrected chi connectivity index (χ4v) is 5.89. The monoisotopic (exact) mass is 362 g/mol. The molecular weight excluding hydrogens is 339 g/mol. The van der Waals surface area contributed by atoms with Gasteiger partial charge < -0.3 is 4.57 Å². The highest BCUT2D eigenvalue weighted by Crippen LogP contribution is 2.48. The van der Waals surface area contributed by atoms with Gasteiger partial charge in [0, 0.05) is 16.2 Å². The smallest absolute Gasteiger partial charge is 0.230 e. The van der Waals surface area contributed by atoms with E-state index in [0.717, 1.165) is 24.0 Å². The number of aryl methyl sites for hydroxylation is 2. The Balaban J connectivity index is 2.29. The maximum absolute atomic E-state index is 14.3. The summed E-state index contributed by atoms with van der Waals surface area (Å²) in [6, 6.07) is 24.2. The Morgan fingerprint density at radius 2 is 1.12 bits per heavy atom. The lowest BCUT2D eigenvalue weighted by Gasteiger charge is -2.21. The molecule has 0 aliphatic heterocycles. The van der Waals surface area contributed by atoms with E-state index < -0.39 is 7.14 Å². The minimum atomic E-state index is -3.46. The lowest BCUT2D eigenvalue weighted by atomic mass is 9.98. The van der Waals surface area contributed by atoms with E-state index in [1.807, 2.05) is 68.4 Å². The van der Waals surface area contributed by atoms with Crippen LogP contribution in [0.4, 0.5) is 0 Å². The Morgan fingerprint density at radius 3 is 1.50 bits per heavy atom. The van der Waals surface area contributed by atoms with Crippen LogP contribution < -0.4 is 10.6 Å². The van der Waals surface area contributed by atoms with Gasteiger partial charge in [0.05, 0.1) is 0 Å². The highest BCUT2D eigenvalue weighted by atomic mass is 31.2. The summed E-state index contributed by atoms with van der Waals surface area (Å²) in [7, 11) is -3.46. The van der Waals surface area contributed by atoms with Crippen molar-refractivity contribution in [3.8, 4) is 0 Å². The zero-order valence-corrected chi connectivity index (χ0v) is 16.1. The third-order valence-electron chi connectivity index (χ3n) is 4.74. The predicted molar refractivity (Wildman–Crippen MR) is 109 cm³/mol. The van der Waals surface area contributed by atoms with Crippen LogP contribution in [-0.4, -0.2) is 5.52 Å². The van der Waals surface area contributed by atoms with Gasteiger partial charge in [0.15, 0.2) is 0 Å². The van der Waals surface area contributed by atoms with Crippen LogP contribution in [0.2, 0.25) is 0 Å². The van der Waals surface area contributed by atoms with Crippen molar-refractivity contribution < 1.29 is 9.36 Å². The maximum atomic E-state index is 14.3. The second-order valence-electron chi connectivity index (χ2n) is 6.24. The molecule has 26 heavy (non-hydrogen) atoms. The van der Waals surface area contributed by atoms with Crippen LogP contribution in [0.15, 0.2) is 78.9 Å². The standard InChI is InChI=1S/C23H23O2P/c1-3-18-12-11-13-19(4-2)22(18)23(24)26(25,20-14-7-5-8-15-20)21-16-9-6-10-17-21/h5-17H,3-4H2,1-2H3. The Morgan fingerprint density at radius 1 is 0.692 bits per heavy atom. The van der Waals surface area contributed by atoms with E-state index >= 15 is 0 Å². The topological polar surface area (TPSA) is 34.1 Å². The van der Waals surface area contributed by atoms with E-state index in [-0.39, 0.29) is 5.52 Å². The molecule has 0 aromatic heterocycles. The first-order chi connectivity index (χ1) is 12.6. The molecule has 0 saturated carbocycles. The van der Waals surface area contributed by atoms with Crippen molar-refractivity contribution in [3.63, 3.8) is 0 Å². The highest BCUT2D eigenvalue weighted by molar-refractivity contribution is 7.93. The molecule has 0 radical (unpaired) electrons. The Bertz CT molecular complexity index is 881. The summed E-state index contributed by atoms with van der Waals surface area (Å²) in [5.41, 5.74) is 2.29. The van der Waals surface area contributed by atoms with Gasteiger partial charge in [-0.3, -0.25) is 4.79 Å². The molecule has 3 rings (SSSR count). The molecule has 0 bridgehead atoms. The Hall–Kier alpha value is -2.44. The second-order valence-corrected chi connectivity index (χ2v) is 8.90. The van der Waals surface area contributed by atoms with Crippen LogP contribution in [0.1, 0.15) is 35.3 Å². The number of hydrogen-bond acceptors (Lipinski definition) is 2. The molecule has 3 aromatic carbocycles. The molecule has 0 spiro atoms. The summed E-state index contributed by atoms with van der Waals surface area (Å²) in [5.74, 6) is 0. The van der Waals surface area contributed by atoms with Gasteiger partial charge in [-0.1, -0.05) is 92.7 Å². The van der Waals surface area contributed by atoms with Gasteiger partial charge in [-0.05, 0) is 24.0 Å². The van der Waals surface area contributed by atoms with Gasteiger partial charge in [0.1, 0.15) is 0 Å². The summed E-state index contributed by atoms with van der Waals surface area (Å²) in [6.45, 7) is 4.06. The summed E-state index contributed by atoms with van der Waals surface area (Å²) in [5, 5.41) is 1.17. The molecule has 0 N–H and O–H groups in total. The van der Waals surface area contributed by atoms with E-state index in [9.17, 15) is 9.36 Å². The van der Waals surface area contributed by atoms with Gasteiger partial charge in [0.25, 0.3) is 0 Å². The SMILES string of the molecule is CCc1cccc(CC)c1C(=O)P(=O)(c1ccccc1)c1ccccc1. The average molecular weight is 362 g/mol. The first-order valence-electron chi connectivity index (χ1n) is 8.99. The third-order valence-corrected chi connectivity index (χ3v) is 7.58. The van der Waals surface area contributed by atoms with Gasteiger partial charge in [-0.15, -0.1) is 0 Å². The first-order valence-corrected chi connectivity index (χ1v) is 10.7. The molecule has 2 nitrogen and oxygen atoms in total. The van der Waals surface area contributed by atoms with Crippen LogP contribution >= 0.6 is 7.14 Å². The lowest BCUT2D eigenvalue weighted by Crippen LogP contribution is -2.24. The predicted octanol–water partition coefficient (Wildman–Crippen LogP) is 4.97. The zero-order valence-electron chi connectivity index (χ0n) is 15.2. The average Bonchev–Trinajstić information content (AvgIpc) is 2.73. The molecule has 3 heteroatoms. The molecule has 0 aliphatic rings. The van der Waals surface area contributed by atoms with E-state index in [1.54, 1.807) is 24.3 Å². The van der Waals surface area contributed by atoms with Crippen LogP contribution in [0.3, 0.4) is 0 Å². The Kier molecular flexibility index (Phi) is 5.54. The zero-order chi connectivity index (χ0) is 18.6. The maximum Gasteiger partial charge on any atom is 0.230 e. The minimum Gasteiger partial charge on any atom is -0.305 e. The second kappa shape index (κ2) is 7.85. The van der Waals surface area contributed by atoms with Crippen molar-refractivity contribution in [1.29, 1.82) is 0 Å². The Labute approximate surface area is 155 Å². The minimum absolute atomic E-state index is 0.260. The largest absolute Gasteiger partial charge is 0.305 e. The molecular formula is C23H23O2P. The van der Waals surface area contributed by atoms with Crippen molar-refractivity contribution >= 4 is 23.3 Å².